The van der Waals surface area contributed by atoms with Crippen molar-refractivity contribution >= 4 is 5.91 Å². The number of carbonyl (C=O) groups is 1. The summed E-state index contributed by atoms with van der Waals surface area (Å²) in [5, 5.41) is 2.91. The highest BCUT2D eigenvalue weighted by Gasteiger charge is 2.08. The van der Waals surface area contributed by atoms with Crippen LogP contribution in [-0.4, -0.2) is 30.2 Å². The van der Waals surface area contributed by atoms with Crippen molar-refractivity contribution in [3.63, 3.8) is 0 Å². The first kappa shape index (κ1) is 19.9. The molecule has 0 spiro atoms. The second-order valence-corrected chi connectivity index (χ2v) is 6.36. The van der Waals surface area contributed by atoms with Gasteiger partial charge in [-0.25, -0.2) is 4.98 Å². The molecule has 0 unspecified atom stereocenters. The van der Waals surface area contributed by atoms with Crippen molar-refractivity contribution in [2.24, 2.45) is 0 Å². The lowest BCUT2D eigenvalue weighted by Gasteiger charge is -2.13. The van der Waals surface area contributed by atoms with Crippen LogP contribution in [0.25, 0.3) is 0 Å². The van der Waals surface area contributed by atoms with Crippen LogP contribution in [0.3, 0.4) is 0 Å². The second-order valence-electron chi connectivity index (χ2n) is 6.36. The van der Waals surface area contributed by atoms with E-state index in [0.29, 0.717) is 38.5 Å². The lowest BCUT2D eigenvalue weighted by molar-refractivity contribution is -0.121. The van der Waals surface area contributed by atoms with E-state index in [-0.39, 0.29) is 12.0 Å². The van der Waals surface area contributed by atoms with Crippen LogP contribution in [0.2, 0.25) is 0 Å². The Balaban J connectivity index is 1.59. The number of hydrogen-bond donors (Lipinski definition) is 1. The summed E-state index contributed by atoms with van der Waals surface area (Å²) in [5.41, 5.74) is 2.15. The van der Waals surface area contributed by atoms with E-state index in [0.717, 1.165) is 12.0 Å². The molecule has 0 fully saturated rings. The van der Waals surface area contributed by atoms with E-state index in [1.807, 2.05) is 44.2 Å². The van der Waals surface area contributed by atoms with Gasteiger partial charge in [-0.15, -0.1) is 0 Å². The number of pyridine rings is 1. The minimum absolute atomic E-state index is 0.0102. The van der Waals surface area contributed by atoms with Gasteiger partial charge in [-0.2, -0.15) is 0 Å². The van der Waals surface area contributed by atoms with Gasteiger partial charge in [0.15, 0.2) is 0 Å². The maximum absolute atomic E-state index is 12.0. The molecule has 0 bridgehead atoms. The number of amides is 1. The molecule has 1 amide bonds. The Kier molecular flexibility index (Phi) is 8.63. The van der Waals surface area contributed by atoms with Crippen LogP contribution >= 0.6 is 0 Å². The second kappa shape index (κ2) is 11.3. The van der Waals surface area contributed by atoms with E-state index in [2.05, 4.69) is 22.4 Å². The lowest BCUT2D eigenvalue weighted by Crippen LogP contribution is -2.23. The Morgan fingerprint density at radius 1 is 1.12 bits per heavy atom. The first-order valence-corrected chi connectivity index (χ1v) is 9.14. The maximum Gasteiger partial charge on any atom is 0.220 e. The zero-order valence-electron chi connectivity index (χ0n) is 15.6. The summed E-state index contributed by atoms with van der Waals surface area (Å²) in [6.07, 6.45) is 3.80. The Hall–Kier alpha value is -2.40. The summed E-state index contributed by atoms with van der Waals surface area (Å²) < 4.78 is 11.3. The van der Waals surface area contributed by atoms with E-state index in [4.69, 9.17) is 9.47 Å². The van der Waals surface area contributed by atoms with Crippen molar-refractivity contribution in [1.82, 2.24) is 10.3 Å². The van der Waals surface area contributed by atoms with Crippen LogP contribution in [0, 0.1) is 0 Å². The Morgan fingerprint density at radius 3 is 2.69 bits per heavy atom. The molecule has 1 aromatic carbocycles. The molecular weight excluding hydrogens is 328 g/mol. The molecule has 2 aromatic rings. The summed E-state index contributed by atoms with van der Waals surface area (Å²) >= 11 is 0. The van der Waals surface area contributed by atoms with Crippen LogP contribution in [0.5, 0.6) is 5.88 Å². The van der Waals surface area contributed by atoms with Crippen molar-refractivity contribution in [1.29, 1.82) is 0 Å². The van der Waals surface area contributed by atoms with Crippen LogP contribution in [0.15, 0.2) is 48.7 Å². The molecule has 0 aliphatic carbocycles. The Morgan fingerprint density at radius 2 is 1.92 bits per heavy atom. The molecule has 140 valence electrons. The quantitative estimate of drug-likeness (QED) is 0.626. The van der Waals surface area contributed by atoms with Gasteiger partial charge in [0.1, 0.15) is 0 Å². The molecular formula is C21H28N2O3. The van der Waals surface area contributed by atoms with E-state index in [1.54, 1.807) is 6.20 Å². The molecule has 2 rings (SSSR count). The normalized spacial score (nSPS) is 10.7. The number of nitrogens with one attached hydrogen (secondary N) is 1. The van der Waals surface area contributed by atoms with Gasteiger partial charge in [0.05, 0.1) is 12.7 Å². The third-order valence-electron chi connectivity index (χ3n) is 3.74. The van der Waals surface area contributed by atoms with E-state index < -0.39 is 0 Å². The van der Waals surface area contributed by atoms with E-state index >= 15 is 0 Å². The van der Waals surface area contributed by atoms with Crippen LogP contribution in [0.4, 0.5) is 0 Å². The predicted molar refractivity (Wildman–Crippen MR) is 102 cm³/mol. The van der Waals surface area contributed by atoms with Crippen molar-refractivity contribution in [3.8, 4) is 5.88 Å². The van der Waals surface area contributed by atoms with Crippen molar-refractivity contribution in [3.05, 3.63) is 59.8 Å². The average Bonchev–Trinajstić information content (AvgIpc) is 2.64. The van der Waals surface area contributed by atoms with Gasteiger partial charge in [-0.05, 0) is 38.3 Å². The van der Waals surface area contributed by atoms with Gasteiger partial charge in [-0.3, -0.25) is 4.79 Å². The predicted octanol–water partition coefficient (Wildman–Crippen LogP) is 3.52. The summed E-state index contributed by atoms with van der Waals surface area (Å²) in [6.45, 7) is 5.60. The Labute approximate surface area is 155 Å². The van der Waals surface area contributed by atoms with Gasteiger partial charge in [0.25, 0.3) is 0 Å². The average molecular weight is 356 g/mol. The molecule has 1 N–H and O–H groups in total. The number of hydrogen-bond acceptors (Lipinski definition) is 4. The largest absolute Gasteiger partial charge is 0.475 e. The zero-order valence-corrected chi connectivity index (χ0v) is 15.6. The zero-order chi connectivity index (χ0) is 18.6. The monoisotopic (exact) mass is 356 g/mol. The fourth-order valence-electron chi connectivity index (χ4n) is 2.44. The summed E-state index contributed by atoms with van der Waals surface area (Å²) in [4.78, 5) is 16.2. The van der Waals surface area contributed by atoms with Gasteiger partial charge in [0.2, 0.25) is 11.8 Å². The van der Waals surface area contributed by atoms with Gasteiger partial charge in [0, 0.05) is 31.3 Å². The fraction of sp³-hybridized carbons (Fsp3) is 0.429. The van der Waals surface area contributed by atoms with Crippen LogP contribution in [0.1, 0.15) is 37.8 Å². The minimum Gasteiger partial charge on any atom is -0.475 e. The molecule has 1 aromatic heterocycles. The minimum atomic E-state index is 0.0102. The van der Waals surface area contributed by atoms with Gasteiger partial charge in [-0.1, -0.05) is 36.4 Å². The topological polar surface area (TPSA) is 60.5 Å². The molecule has 0 aliphatic heterocycles. The van der Waals surface area contributed by atoms with E-state index in [1.165, 1.54) is 5.56 Å². The number of nitrogens with zero attached hydrogens (tertiary/aromatic N) is 1. The first-order valence-electron chi connectivity index (χ1n) is 9.14. The standard InChI is InChI=1S/C21H28N2O3/c1-17(2)26-21-19(10-6-13-22-21)16-23-20(24)11-7-14-25-15-12-18-8-4-3-5-9-18/h3-6,8-10,13,17H,7,11-12,14-16H2,1-2H3,(H,23,24). The SMILES string of the molecule is CC(C)Oc1ncccc1CNC(=O)CCCOCCc1ccccc1. The van der Waals surface area contributed by atoms with Crippen molar-refractivity contribution in [2.75, 3.05) is 13.2 Å². The number of ether oxygens (including phenoxy) is 2. The first-order chi connectivity index (χ1) is 12.6. The highest BCUT2D eigenvalue weighted by atomic mass is 16.5. The molecule has 5 heteroatoms. The molecule has 0 atom stereocenters. The van der Waals surface area contributed by atoms with E-state index in [9.17, 15) is 4.79 Å². The summed E-state index contributed by atoms with van der Waals surface area (Å²) in [6, 6.07) is 14.0. The molecule has 0 saturated heterocycles. The van der Waals surface area contributed by atoms with Crippen LogP contribution < -0.4 is 10.1 Å². The third-order valence-corrected chi connectivity index (χ3v) is 3.74. The molecule has 0 radical (unpaired) electrons. The lowest BCUT2D eigenvalue weighted by atomic mass is 10.2. The summed E-state index contributed by atoms with van der Waals surface area (Å²) in [7, 11) is 0. The molecule has 0 saturated carbocycles. The molecule has 5 nitrogen and oxygen atoms in total. The van der Waals surface area contributed by atoms with Crippen molar-refractivity contribution in [2.45, 2.75) is 45.8 Å². The maximum atomic E-state index is 12.0. The fourth-order valence-corrected chi connectivity index (χ4v) is 2.44. The number of rotatable bonds is 11. The third kappa shape index (κ3) is 7.66. The molecule has 0 aliphatic rings. The highest BCUT2D eigenvalue weighted by molar-refractivity contribution is 5.75. The summed E-state index contributed by atoms with van der Waals surface area (Å²) in [5.74, 6) is 0.586. The van der Waals surface area contributed by atoms with Gasteiger partial charge >= 0.3 is 0 Å². The highest BCUT2D eigenvalue weighted by Crippen LogP contribution is 2.15. The number of carbonyl (C=O) groups excluding carboxylic acids is 1. The van der Waals surface area contributed by atoms with Crippen LogP contribution in [-0.2, 0) is 22.5 Å². The Bertz CT molecular complexity index is 659. The van der Waals surface area contributed by atoms with Crippen molar-refractivity contribution < 1.29 is 14.3 Å². The molecule has 26 heavy (non-hydrogen) atoms. The van der Waals surface area contributed by atoms with Gasteiger partial charge < -0.3 is 14.8 Å². The number of benzene rings is 1. The smallest absolute Gasteiger partial charge is 0.220 e. The number of aromatic nitrogens is 1. The molecule has 1 heterocycles.